The maximum absolute atomic E-state index is 11.5. The largest absolute Gasteiger partial charge is 0.466 e. The smallest absolute Gasteiger partial charge is 0.311 e. The Labute approximate surface area is 108 Å². The number of ether oxygens (including phenoxy) is 1. The van der Waals surface area contributed by atoms with Gasteiger partial charge in [0.1, 0.15) is 0 Å². The van der Waals surface area contributed by atoms with Crippen molar-refractivity contribution in [3.05, 3.63) is 11.1 Å². The number of nitrogens with zero attached hydrogens (tertiary/aromatic N) is 2. The molecule has 0 radical (unpaired) electrons. The van der Waals surface area contributed by atoms with Crippen molar-refractivity contribution < 1.29 is 19.1 Å². The maximum Gasteiger partial charge on any atom is 0.311 e. The lowest BCUT2D eigenvalue weighted by Gasteiger charge is -2.09. The first-order chi connectivity index (χ1) is 8.60. The summed E-state index contributed by atoms with van der Waals surface area (Å²) >= 11 is 1.25. The first kappa shape index (κ1) is 12.7. The van der Waals surface area contributed by atoms with Gasteiger partial charge >= 0.3 is 5.97 Å². The van der Waals surface area contributed by atoms with E-state index in [-0.39, 0.29) is 37.0 Å². The highest BCUT2D eigenvalue weighted by atomic mass is 32.1. The van der Waals surface area contributed by atoms with E-state index in [9.17, 15) is 14.4 Å². The van der Waals surface area contributed by atoms with Gasteiger partial charge in [0.05, 0.1) is 31.7 Å². The number of ketones is 1. The van der Waals surface area contributed by atoms with Crippen molar-refractivity contribution in [3.63, 3.8) is 0 Å². The van der Waals surface area contributed by atoms with Crippen LogP contribution in [0.2, 0.25) is 0 Å². The Morgan fingerprint density at radius 1 is 1.56 bits per heavy atom. The van der Waals surface area contributed by atoms with E-state index in [1.54, 1.807) is 12.3 Å². The van der Waals surface area contributed by atoms with Crippen molar-refractivity contribution in [1.82, 2.24) is 4.98 Å². The van der Waals surface area contributed by atoms with Gasteiger partial charge in [0.25, 0.3) is 0 Å². The van der Waals surface area contributed by atoms with Gasteiger partial charge in [0.2, 0.25) is 5.91 Å². The molecule has 0 saturated carbocycles. The van der Waals surface area contributed by atoms with Crippen molar-refractivity contribution >= 4 is 34.1 Å². The Hall–Kier alpha value is -1.76. The third-order valence-corrected chi connectivity index (χ3v) is 3.30. The fourth-order valence-electron chi connectivity index (χ4n) is 1.62. The molecule has 0 N–H and O–H groups in total. The van der Waals surface area contributed by atoms with Gasteiger partial charge < -0.3 is 4.74 Å². The van der Waals surface area contributed by atoms with E-state index in [0.717, 1.165) is 0 Å². The molecule has 1 aliphatic rings. The van der Waals surface area contributed by atoms with E-state index in [4.69, 9.17) is 4.74 Å². The number of rotatable bonds is 4. The minimum absolute atomic E-state index is 0.0627. The van der Waals surface area contributed by atoms with Gasteiger partial charge in [-0.1, -0.05) is 0 Å². The van der Waals surface area contributed by atoms with E-state index < -0.39 is 0 Å². The molecule has 1 fully saturated rings. The Balaban J connectivity index is 2.04. The lowest BCUT2D eigenvalue weighted by Crippen LogP contribution is -2.24. The van der Waals surface area contributed by atoms with Crippen molar-refractivity contribution in [3.8, 4) is 0 Å². The summed E-state index contributed by atoms with van der Waals surface area (Å²) in [5.74, 6) is -0.697. The van der Waals surface area contributed by atoms with Crippen LogP contribution in [0.3, 0.4) is 0 Å². The van der Waals surface area contributed by atoms with Gasteiger partial charge in [-0.3, -0.25) is 19.3 Å². The first-order valence-corrected chi connectivity index (χ1v) is 6.40. The van der Waals surface area contributed by atoms with Crippen LogP contribution in [-0.4, -0.2) is 35.8 Å². The highest BCUT2D eigenvalue weighted by Gasteiger charge is 2.30. The Bertz CT molecular complexity index is 497. The zero-order valence-electron chi connectivity index (χ0n) is 9.84. The second-order valence-corrected chi connectivity index (χ2v) is 4.64. The number of thiazole rings is 1. The fraction of sp³-hybridized carbons (Fsp3) is 0.455. The van der Waals surface area contributed by atoms with Gasteiger partial charge in [-0.25, -0.2) is 4.98 Å². The first-order valence-electron chi connectivity index (χ1n) is 5.52. The predicted molar refractivity (Wildman–Crippen MR) is 64.4 cm³/mol. The lowest BCUT2D eigenvalue weighted by atomic mass is 10.3. The van der Waals surface area contributed by atoms with E-state index >= 15 is 0 Å². The molecule has 0 bridgehead atoms. The zero-order chi connectivity index (χ0) is 13.1. The molecule has 18 heavy (non-hydrogen) atoms. The summed E-state index contributed by atoms with van der Waals surface area (Å²) in [5, 5.41) is 2.16. The van der Waals surface area contributed by atoms with E-state index in [0.29, 0.717) is 17.4 Å². The van der Waals surface area contributed by atoms with Gasteiger partial charge in [-0.15, -0.1) is 11.3 Å². The van der Waals surface area contributed by atoms with Crippen LogP contribution in [0.1, 0.15) is 19.0 Å². The minimum atomic E-state index is -0.349. The van der Waals surface area contributed by atoms with Crippen LogP contribution in [0.4, 0.5) is 5.13 Å². The normalized spacial score (nSPS) is 15.3. The number of anilines is 1. The van der Waals surface area contributed by atoms with Gasteiger partial charge in [0, 0.05) is 5.38 Å². The topological polar surface area (TPSA) is 76.6 Å². The number of amides is 1. The number of carbonyl (C=O) groups excluding carboxylic acids is 3. The van der Waals surface area contributed by atoms with Gasteiger partial charge in [-0.05, 0) is 6.92 Å². The van der Waals surface area contributed by atoms with Crippen molar-refractivity contribution in [1.29, 1.82) is 0 Å². The second kappa shape index (κ2) is 5.26. The van der Waals surface area contributed by atoms with Crippen LogP contribution in [0.25, 0.3) is 0 Å². The molecular weight excluding hydrogens is 256 g/mol. The quantitative estimate of drug-likeness (QED) is 0.589. The van der Waals surface area contributed by atoms with E-state index in [1.165, 1.54) is 16.2 Å². The number of Topliss-reactive ketones (excluding diaryl/α,β-unsaturated/α-hetero) is 1. The van der Waals surface area contributed by atoms with Crippen LogP contribution in [-0.2, 0) is 25.5 Å². The van der Waals surface area contributed by atoms with Crippen molar-refractivity contribution in [2.45, 2.75) is 19.8 Å². The number of hydrogen-bond donors (Lipinski definition) is 0. The SMILES string of the molecule is CCOC(=O)Cc1csc(N2CC(=O)CC2=O)n1. The Kier molecular flexibility index (Phi) is 3.71. The third-order valence-electron chi connectivity index (χ3n) is 2.39. The molecule has 1 aromatic heterocycles. The lowest BCUT2D eigenvalue weighted by molar-refractivity contribution is -0.142. The molecule has 1 amide bonds. The maximum atomic E-state index is 11.5. The second-order valence-electron chi connectivity index (χ2n) is 3.80. The summed E-state index contributed by atoms with van der Waals surface area (Å²) in [7, 11) is 0. The molecule has 2 heterocycles. The summed E-state index contributed by atoms with van der Waals surface area (Å²) in [6, 6.07) is 0. The predicted octanol–water partition coefficient (Wildman–Crippen LogP) is 0.554. The number of hydrogen-bond acceptors (Lipinski definition) is 6. The average Bonchev–Trinajstić information content (AvgIpc) is 2.85. The summed E-state index contributed by atoms with van der Waals surface area (Å²) < 4.78 is 4.81. The van der Waals surface area contributed by atoms with Crippen LogP contribution in [0, 0.1) is 0 Å². The van der Waals surface area contributed by atoms with Crippen LogP contribution < -0.4 is 4.90 Å². The molecule has 0 atom stereocenters. The Morgan fingerprint density at radius 2 is 2.33 bits per heavy atom. The van der Waals surface area contributed by atoms with Gasteiger partial charge in [-0.2, -0.15) is 0 Å². The molecule has 0 aliphatic carbocycles. The number of esters is 1. The van der Waals surface area contributed by atoms with Crippen molar-refractivity contribution in [2.75, 3.05) is 18.1 Å². The molecule has 1 aromatic rings. The third kappa shape index (κ3) is 2.73. The monoisotopic (exact) mass is 268 g/mol. The highest BCUT2D eigenvalue weighted by molar-refractivity contribution is 7.14. The summed E-state index contributed by atoms with van der Waals surface area (Å²) in [4.78, 5) is 39.4. The molecule has 7 heteroatoms. The van der Waals surface area contributed by atoms with E-state index in [1.807, 2.05) is 0 Å². The zero-order valence-corrected chi connectivity index (χ0v) is 10.7. The van der Waals surface area contributed by atoms with Crippen molar-refractivity contribution in [2.24, 2.45) is 0 Å². The van der Waals surface area contributed by atoms with Crippen LogP contribution in [0.15, 0.2) is 5.38 Å². The molecule has 6 nitrogen and oxygen atoms in total. The molecule has 1 saturated heterocycles. The highest BCUT2D eigenvalue weighted by Crippen LogP contribution is 2.24. The molecular formula is C11H12N2O4S. The fourth-order valence-corrected chi connectivity index (χ4v) is 2.46. The molecule has 0 aromatic carbocycles. The summed E-state index contributed by atoms with van der Waals surface area (Å²) in [5.41, 5.74) is 0.556. The number of aromatic nitrogens is 1. The average molecular weight is 268 g/mol. The van der Waals surface area contributed by atoms with E-state index in [2.05, 4.69) is 4.98 Å². The van der Waals surface area contributed by atoms with Crippen LogP contribution >= 0.6 is 11.3 Å². The Morgan fingerprint density at radius 3 is 2.94 bits per heavy atom. The standard InChI is InChI=1S/C11H12N2O4S/c1-2-17-10(16)3-7-6-18-11(12-7)13-5-8(14)4-9(13)15/h6H,2-5H2,1H3. The number of carbonyl (C=O) groups is 3. The van der Waals surface area contributed by atoms with Gasteiger partial charge in [0.15, 0.2) is 10.9 Å². The summed E-state index contributed by atoms with van der Waals surface area (Å²) in [6.45, 7) is 2.14. The molecule has 2 rings (SSSR count). The molecule has 96 valence electrons. The molecule has 1 aliphatic heterocycles. The minimum Gasteiger partial charge on any atom is -0.466 e. The molecule has 0 unspecified atom stereocenters. The molecule has 0 spiro atoms. The van der Waals surface area contributed by atoms with Crippen LogP contribution in [0.5, 0.6) is 0 Å². The summed E-state index contributed by atoms with van der Waals surface area (Å²) in [6.07, 6.45) is 0.0209.